The highest BCUT2D eigenvalue weighted by Gasteiger charge is 2.50. The third-order valence-electron chi connectivity index (χ3n) is 8.49. The standard InChI is InChI=1S/C30H38ClN7O2S2/c1-29(2,3)42(39)36-25-21-7-5-4-6-20(21)18-30(25)9-12-37(13-10-30)23-19-34-28(26(32)35-23)41-22-8-11-33-27(24(22)31)38-14-16-40-17-15-38/h4-8,11,19,25,36H,9-10,12-18H2,1-3H3,(H2,32,35)/t25-,42-/m1/s1. The van der Waals surface area contributed by atoms with Crippen LogP contribution in [0.15, 0.2) is 52.6 Å². The van der Waals surface area contributed by atoms with Gasteiger partial charge in [-0.15, -0.1) is 4.72 Å². The maximum absolute atomic E-state index is 13.2. The first-order valence-corrected chi connectivity index (χ1v) is 16.8. The number of nitrogen functional groups attached to an aromatic ring is 1. The molecule has 0 saturated carbocycles. The average molecular weight is 628 g/mol. The normalized spacial score (nSPS) is 21.0. The summed E-state index contributed by atoms with van der Waals surface area (Å²) in [5.41, 5.74) is 9.08. The molecule has 3 N–H and O–H groups in total. The fourth-order valence-electron chi connectivity index (χ4n) is 6.11. The predicted molar refractivity (Wildman–Crippen MR) is 171 cm³/mol. The minimum atomic E-state index is -1.16. The number of ether oxygens (including phenoxy) is 1. The van der Waals surface area contributed by atoms with Crippen molar-refractivity contribution in [2.75, 3.05) is 54.9 Å². The Morgan fingerprint density at radius 3 is 2.55 bits per heavy atom. The second-order valence-corrected chi connectivity index (χ2v) is 15.6. The van der Waals surface area contributed by atoms with Gasteiger partial charge in [0.2, 0.25) is 0 Å². The summed E-state index contributed by atoms with van der Waals surface area (Å²) in [6.45, 7) is 10.5. The van der Waals surface area contributed by atoms with Crippen molar-refractivity contribution in [3.05, 3.63) is 58.9 Å². The van der Waals surface area contributed by atoms with Gasteiger partial charge in [-0.1, -0.05) is 47.6 Å². The van der Waals surface area contributed by atoms with E-state index in [2.05, 4.69) is 43.8 Å². The van der Waals surface area contributed by atoms with E-state index in [4.69, 9.17) is 32.0 Å². The number of nitrogens with two attached hydrogens (primary N) is 1. The third kappa shape index (κ3) is 5.92. The van der Waals surface area contributed by atoms with Crippen molar-refractivity contribution >= 4 is 52.2 Å². The highest BCUT2D eigenvalue weighted by molar-refractivity contribution is 7.99. The molecule has 2 fully saturated rings. The van der Waals surface area contributed by atoms with Gasteiger partial charge in [-0.3, -0.25) is 0 Å². The molecule has 2 aliphatic heterocycles. The molecule has 12 heteroatoms. The lowest BCUT2D eigenvalue weighted by molar-refractivity contribution is 0.122. The van der Waals surface area contributed by atoms with Crippen molar-refractivity contribution in [3.63, 3.8) is 0 Å². The molecule has 0 amide bonds. The highest BCUT2D eigenvalue weighted by Crippen LogP contribution is 2.53. The van der Waals surface area contributed by atoms with Crippen molar-refractivity contribution in [1.29, 1.82) is 0 Å². The number of halogens is 1. The summed E-state index contributed by atoms with van der Waals surface area (Å²) in [4.78, 5) is 19.2. The molecule has 2 atom stereocenters. The fraction of sp³-hybridized carbons (Fsp3) is 0.500. The van der Waals surface area contributed by atoms with E-state index in [-0.39, 0.29) is 16.2 Å². The molecule has 3 aromatic rings. The number of nitrogens with zero attached hydrogens (tertiary/aromatic N) is 5. The van der Waals surface area contributed by atoms with Crippen LogP contribution in [0.5, 0.6) is 0 Å². The van der Waals surface area contributed by atoms with Gasteiger partial charge < -0.3 is 24.8 Å². The molecule has 1 aliphatic carbocycles. The smallest absolute Gasteiger partial charge is 0.158 e. The monoisotopic (exact) mass is 627 g/mol. The lowest BCUT2D eigenvalue weighted by Crippen LogP contribution is -2.49. The number of morpholine rings is 1. The van der Waals surface area contributed by atoms with Gasteiger partial charge in [-0.05, 0) is 57.2 Å². The summed E-state index contributed by atoms with van der Waals surface area (Å²) in [5, 5.41) is 1.21. The molecule has 1 aromatic carbocycles. The van der Waals surface area contributed by atoms with E-state index in [1.165, 1.54) is 22.9 Å². The second kappa shape index (κ2) is 12.0. The van der Waals surface area contributed by atoms with Crippen LogP contribution < -0.4 is 20.3 Å². The fourth-order valence-corrected chi connectivity index (χ4v) is 8.18. The number of nitrogens with one attached hydrogen (secondary N) is 1. The molecule has 224 valence electrons. The minimum absolute atomic E-state index is 0.00610. The first-order valence-electron chi connectivity index (χ1n) is 14.4. The van der Waals surface area contributed by atoms with Crippen LogP contribution >= 0.6 is 23.4 Å². The van der Waals surface area contributed by atoms with Crippen molar-refractivity contribution < 1.29 is 9.29 Å². The van der Waals surface area contributed by atoms with Crippen LogP contribution in [0, 0.1) is 5.41 Å². The number of fused-ring (bicyclic) bond motifs is 1. The van der Waals surface area contributed by atoms with Gasteiger partial charge in [0.15, 0.2) is 5.82 Å². The lowest BCUT2D eigenvalue weighted by atomic mass is 9.73. The Kier molecular flexibility index (Phi) is 8.52. The lowest BCUT2D eigenvalue weighted by Gasteiger charge is -2.44. The highest BCUT2D eigenvalue weighted by atomic mass is 35.5. The molecule has 0 unspecified atom stereocenters. The Balaban J connectivity index is 1.16. The molecule has 2 aromatic heterocycles. The summed E-state index contributed by atoms with van der Waals surface area (Å²) >= 11 is 7.02. The Morgan fingerprint density at radius 1 is 1.10 bits per heavy atom. The number of benzene rings is 1. The molecule has 2 saturated heterocycles. The van der Waals surface area contributed by atoms with Gasteiger partial charge >= 0.3 is 0 Å². The summed E-state index contributed by atoms with van der Waals surface area (Å²) in [7, 11) is 0. The Bertz CT molecular complexity index is 1430. The summed E-state index contributed by atoms with van der Waals surface area (Å²) in [5.74, 6) is 1.91. The molecular formula is C30H38ClN7O2S2. The van der Waals surface area contributed by atoms with Gasteiger partial charge in [0.1, 0.15) is 21.4 Å². The largest absolute Gasteiger partial charge is 0.598 e. The zero-order valence-electron chi connectivity index (χ0n) is 24.3. The number of pyridine rings is 1. The molecule has 1 spiro atoms. The molecule has 0 radical (unpaired) electrons. The summed E-state index contributed by atoms with van der Waals surface area (Å²) < 4.78 is 21.9. The second-order valence-electron chi connectivity index (χ2n) is 12.2. The number of piperidine rings is 1. The molecular weight excluding hydrogens is 590 g/mol. The summed E-state index contributed by atoms with van der Waals surface area (Å²) in [6.07, 6.45) is 6.47. The number of hydrogen-bond acceptors (Lipinski definition) is 10. The van der Waals surface area contributed by atoms with Gasteiger partial charge in [0.05, 0.1) is 30.5 Å². The van der Waals surface area contributed by atoms with Gasteiger partial charge in [0.25, 0.3) is 0 Å². The Hall–Kier alpha value is -2.28. The number of aromatic nitrogens is 3. The van der Waals surface area contributed by atoms with E-state index < -0.39 is 11.4 Å². The first-order chi connectivity index (χ1) is 20.1. The van der Waals surface area contributed by atoms with Crippen molar-refractivity contribution in [3.8, 4) is 0 Å². The average Bonchev–Trinajstić information content (AvgIpc) is 3.27. The Morgan fingerprint density at radius 2 is 1.83 bits per heavy atom. The third-order valence-corrected chi connectivity index (χ3v) is 11.6. The van der Waals surface area contributed by atoms with Crippen LogP contribution in [-0.2, 0) is 22.5 Å². The van der Waals surface area contributed by atoms with Crippen molar-refractivity contribution in [2.24, 2.45) is 5.41 Å². The molecule has 9 nitrogen and oxygen atoms in total. The van der Waals surface area contributed by atoms with Gasteiger partial charge in [-0.25, -0.2) is 15.0 Å². The maximum atomic E-state index is 13.2. The molecule has 4 heterocycles. The topological polar surface area (TPSA) is 115 Å². The minimum Gasteiger partial charge on any atom is -0.598 e. The van der Waals surface area contributed by atoms with Crippen LogP contribution in [0.3, 0.4) is 0 Å². The molecule has 6 rings (SSSR count). The number of rotatable bonds is 6. The van der Waals surface area contributed by atoms with Crippen molar-refractivity contribution in [1.82, 2.24) is 19.7 Å². The van der Waals surface area contributed by atoms with E-state index in [0.717, 1.165) is 62.0 Å². The molecule has 42 heavy (non-hydrogen) atoms. The van der Waals surface area contributed by atoms with Gasteiger partial charge in [-0.2, -0.15) is 0 Å². The van der Waals surface area contributed by atoms with E-state index in [1.807, 2.05) is 33.0 Å². The zero-order chi connectivity index (χ0) is 29.5. The van der Waals surface area contributed by atoms with Crippen LogP contribution in [0.1, 0.15) is 50.8 Å². The van der Waals surface area contributed by atoms with Crippen LogP contribution in [0.2, 0.25) is 5.02 Å². The van der Waals surface area contributed by atoms with Crippen LogP contribution in [-0.4, -0.2) is 63.6 Å². The van der Waals surface area contributed by atoms with E-state index in [1.54, 1.807) is 6.20 Å². The summed E-state index contributed by atoms with van der Waals surface area (Å²) in [6, 6.07) is 10.5. The number of anilines is 3. The first kappa shape index (κ1) is 29.8. The van der Waals surface area contributed by atoms with Crippen LogP contribution in [0.4, 0.5) is 17.5 Å². The van der Waals surface area contributed by atoms with E-state index in [9.17, 15) is 4.55 Å². The zero-order valence-corrected chi connectivity index (χ0v) is 26.7. The van der Waals surface area contributed by atoms with E-state index >= 15 is 0 Å². The van der Waals surface area contributed by atoms with Crippen molar-refractivity contribution in [2.45, 2.75) is 60.7 Å². The SMILES string of the molecule is CC(C)(C)[S@@+]([O-])N[C@@H]1c2ccccc2CC12CCN(c1cnc(Sc3ccnc(N4CCOCC4)c3Cl)c(N)n1)CC2. The van der Waals surface area contributed by atoms with Gasteiger partial charge in [0, 0.05) is 54.0 Å². The Labute approximate surface area is 260 Å². The predicted octanol–water partition coefficient (Wildman–Crippen LogP) is 5.03. The van der Waals surface area contributed by atoms with E-state index in [0.29, 0.717) is 29.1 Å². The molecule has 0 bridgehead atoms. The van der Waals surface area contributed by atoms with Crippen LogP contribution in [0.25, 0.3) is 0 Å². The maximum Gasteiger partial charge on any atom is 0.158 e. The quantitative estimate of drug-likeness (QED) is 0.361. The molecule has 3 aliphatic rings. The number of hydrogen-bond donors (Lipinski definition) is 2.